The summed E-state index contributed by atoms with van der Waals surface area (Å²) in [5, 5.41) is 3.60. The Kier molecular flexibility index (Phi) is 2.93. The van der Waals surface area contributed by atoms with Crippen molar-refractivity contribution in [3.63, 3.8) is 0 Å². The SMILES string of the molecule is CC(C)NC1CCc2ccc(Br)cc21. The molecule has 0 heterocycles. The number of hydrogen-bond donors (Lipinski definition) is 1. The smallest absolute Gasteiger partial charge is 0.0328 e. The van der Waals surface area contributed by atoms with Crippen molar-refractivity contribution in [3.8, 4) is 0 Å². The van der Waals surface area contributed by atoms with Crippen molar-refractivity contribution in [1.82, 2.24) is 5.32 Å². The lowest BCUT2D eigenvalue weighted by atomic mass is 10.1. The molecule has 2 rings (SSSR count). The Bertz CT molecular complexity index is 333. The molecule has 0 radical (unpaired) electrons. The molecule has 1 nitrogen and oxygen atoms in total. The molecule has 1 aromatic rings. The molecule has 0 saturated heterocycles. The maximum Gasteiger partial charge on any atom is 0.0328 e. The van der Waals surface area contributed by atoms with Gasteiger partial charge in [0.2, 0.25) is 0 Å². The van der Waals surface area contributed by atoms with Crippen LogP contribution in [0.5, 0.6) is 0 Å². The summed E-state index contributed by atoms with van der Waals surface area (Å²) in [6, 6.07) is 7.74. The van der Waals surface area contributed by atoms with Crippen molar-refractivity contribution in [3.05, 3.63) is 33.8 Å². The summed E-state index contributed by atoms with van der Waals surface area (Å²) in [5.41, 5.74) is 2.99. The van der Waals surface area contributed by atoms with E-state index in [0.717, 1.165) is 0 Å². The summed E-state index contributed by atoms with van der Waals surface area (Å²) >= 11 is 3.53. The zero-order valence-electron chi connectivity index (χ0n) is 8.68. The Morgan fingerprint density at radius 3 is 2.93 bits per heavy atom. The summed E-state index contributed by atoms with van der Waals surface area (Å²) in [6.45, 7) is 4.41. The summed E-state index contributed by atoms with van der Waals surface area (Å²) in [6.07, 6.45) is 2.46. The van der Waals surface area contributed by atoms with Crippen molar-refractivity contribution >= 4 is 15.9 Å². The van der Waals surface area contributed by atoms with Crippen LogP contribution >= 0.6 is 15.9 Å². The number of halogens is 1. The molecule has 1 aliphatic rings. The molecule has 0 fully saturated rings. The van der Waals surface area contributed by atoms with E-state index in [1.165, 1.54) is 28.4 Å². The van der Waals surface area contributed by atoms with Crippen molar-refractivity contribution in [2.75, 3.05) is 0 Å². The van der Waals surface area contributed by atoms with Gasteiger partial charge in [-0.25, -0.2) is 0 Å². The molecule has 76 valence electrons. The lowest BCUT2D eigenvalue weighted by molar-refractivity contribution is 0.475. The standard InChI is InChI=1S/C12H16BrN/c1-8(2)14-12-6-4-9-3-5-10(13)7-11(9)12/h3,5,7-8,12,14H,4,6H2,1-2H3. The van der Waals surface area contributed by atoms with E-state index in [9.17, 15) is 0 Å². The van der Waals surface area contributed by atoms with Gasteiger partial charge in [-0.1, -0.05) is 35.8 Å². The highest BCUT2D eigenvalue weighted by Crippen LogP contribution is 2.33. The van der Waals surface area contributed by atoms with Crippen molar-refractivity contribution in [2.24, 2.45) is 0 Å². The molecule has 0 spiro atoms. The summed E-state index contributed by atoms with van der Waals surface area (Å²) < 4.78 is 1.19. The second kappa shape index (κ2) is 4.03. The molecule has 0 aliphatic heterocycles. The minimum Gasteiger partial charge on any atom is -0.308 e. The number of aryl methyl sites for hydroxylation is 1. The molecule has 0 bridgehead atoms. The average Bonchev–Trinajstić information content (AvgIpc) is 2.47. The van der Waals surface area contributed by atoms with Crippen LogP contribution in [0.15, 0.2) is 22.7 Å². The van der Waals surface area contributed by atoms with Gasteiger partial charge in [0.05, 0.1) is 0 Å². The Hall–Kier alpha value is -0.340. The maximum atomic E-state index is 3.60. The molecule has 1 aromatic carbocycles. The predicted octanol–water partition coefficient (Wildman–Crippen LogP) is 3.43. The van der Waals surface area contributed by atoms with Gasteiger partial charge in [0.25, 0.3) is 0 Å². The minimum atomic E-state index is 0.558. The van der Waals surface area contributed by atoms with E-state index < -0.39 is 0 Å². The first-order valence-corrected chi connectivity index (χ1v) is 6.00. The second-order valence-corrected chi connectivity index (χ2v) is 5.17. The Morgan fingerprint density at radius 1 is 1.43 bits per heavy atom. The monoisotopic (exact) mass is 253 g/mol. The highest BCUT2D eigenvalue weighted by Gasteiger charge is 2.22. The zero-order valence-corrected chi connectivity index (χ0v) is 10.3. The highest BCUT2D eigenvalue weighted by atomic mass is 79.9. The van der Waals surface area contributed by atoms with E-state index in [1.54, 1.807) is 0 Å². The first-order chi connectivity index (χ1) is 6.66. The van der Waals surface area contributed by atoms with Crippen LogP contribution in [-0.4, -0.2) is 6.04 Å². The molecule has 14 heavy (non-hydrogen) atoms. The van der Waals surface area contributed by atoms with Crippen molar-refractivity contribution < 1.29 is 0 Å². The molecule has 1 aliphatic carbocycles. The van der Waals surface area contributed by atoms with E-state index in [4.69, 9.17) is 0 Å². The quantitative estimate of drug-likeness (QED) is 0.852. The van der Waals surface area contributed by atoms with E-state index in [-0.39, 0.29) is 0 Å². The molecule has 1 atom stereocenters. The molecule has 0 amide bonds. The molecular formula is C12H16BrN. The normalized spacial score (nSPS) is 20.1. The van der Waals surface area contributed by atoms with Crippen LogP contribution in [-0.2, 0) is 6.42 Å². The van der Waals surface area contributed by atoms with Crippen LogP contribution in [0, 0.1) is 0 Å². The minimum absolute atomic E-state index is 0.558. The van der Waals surface area contributed by atoms with Crippen LogP contribution in [0.25, 0.3) is 0 Å². The van der Waals surface area contributed by atoms with Gasteiger partial charge in [0.1, 0.15) is 0 Å². The van der Waals surface area contributed by atoms with Gasteiger partial charge < -0.3 is 5.32 Å². The third-order valence-electron chi connectivity index (χ3n) is 2.72. The summed E-state index contributed by atoms with van der Waals surface area (Å²) in [7, 11) is 0. The van der Waals surface area contributed by atoms with Gasteiger partial charge in [0, 0.05) is 16.6 Å². The molecule has 1 N–H and O–H groups in total. The van der Waals surface area contributed by atoms with Crippen LogP contribution < -0.4 is 5.32 Å². The highest BCUT2D eigenvalue weighted by molar-refractivity contribution is 9.10. The number of fused-ring (bicyclic) bond motifs is 1. The maximum absolute atomic E-state index is 3.60. The lowest BCUT2D eigenvalue weighted by Gasteiger charge is -2.17. The molecule has 2 heteroatoms. The lowest BCUT2D eigenvalue weighted by Crippen LogP contribution is -2.26. The van der Waals surface area contributed by atoms with Crippen LogP contribution in [0.1, 0.15) is 37.4 Å². The van der Waals surface area contributed by atoms with Crippen molar-refractivity contribution in [2.45, 2.75) is 38.8 Å². The Morgan fingerprint density at radius 2 is 2.21 bits per heavy atom. The summed E-state index contributed by atoms with van der Waals surface area (Å²) in [4.78, 5) is 0. The van der Waals surface area contributed by atoms with Crippen LogP contribution in [0.4, 0.5) is 0 Å². The molecular weight excluding hydrogens is 238 g/mol. The topological polar surface area (TPSA) is 12.0 Å². The Balaban J connectivity index is 2.24. The first-order valence-electron chi connectivity index (χ1n) is 5.21. The van der Waals surface area contributed by atoms with Gasteiger partial charge in [-0.15, -0.1) is 0 Å². The van der Waals surface area contributed by atoms with Crippen LogP contribution in [0.2, 0.25) is 0 Å². The van der Waals surface area contributed by atoms with Gasteiger partial charge in [-0.05, 0) is 36.1 Å². The van der Waals surface area contributed by atoms with E-state index >= 15 is 0 Å². The average molecular weight is 254 g/mol. The Labute approximate surface area is 94.0 Å². The number of hydrogen-bond acceptors (Lipinski definition) is 1. The zero-order chi connectivity index (χ0) is 10.1. The first kappa shape index (κ1) is 10.2. The fourth-order valence-electron chi connectivity index (χ4n) is 2.15. The fraction of sp³-hybridized carbons (Fsp3) is 0.500. The van der Waals surface area contributed by atoms with E-state index in [2.05, 4.69) is 53.3 Å². The van der Waals surface area contributed by atoms with Crippen molar-refractivity contribution in [1.29, 1.82) is 0 Å². The second-order valence-electron chi connectivity index (χ2n) is 4.26. The molecule has 0 aromatic heterocycles. The van der Waals surface area contributed by atoms with Crippen LogP contribution in [0.3, 0.4) is 0 Å². The fourth-order valence-corrected chi connectivity index (χ4v) is 2.53. The number of rotatable bonds is 2. The molecule has 0 saturated carbocycles. The number of benzene rings is 1. The van der Waals surface area contributed by atoms with Gasteiger partial charge in [-0.2, -0.15) is 0 Å². The summed E-state index contributed by atoms with van der Waals surface area (Å²) in [5.74, 6) is 0. The van der Waals surface area contributed by atoms with E-state index in [1.807, 2.05) is 0 Å². The predicted molar refractivity (Wildman–Crippen MR) is 63.5 cm³/mol. The largest absolute Gasteiger partial charge is 0.308 e. The van der Waals surface area contributed by atoms with E-state index in [0.29, 0.717) is 12.1 Å². The van der Waals surface area contributed by atoms with Gasteiger partial charge in [-0.3, -0.25) is 0 Å². The molecule has 1 unspecified atom stereocenters. The van der Waals surface area contributed by atoms with Gasteiger partial charge >= 0.3 is 0 Å². The third kappa shape index (κ3) is 2.01. The van der Waals surface area contributed by atoms with Gasteiger partial charge in [0.15, 0.2) is 0 Å². The number of nitrogens with one attached hydrogen (secondary N) is 1. The third-order valence-corrected chi connectivity index (χ3v) is 3.21.